The molecule has 0 fully saturated rings. The molecule has 0 saturated heterocycles. The fourth-order valence-corrected chi connectivity index (χ4v) is 2.83. The first-order valence-corrected chi connectivity index (χ1v) is 9.09. The number of hydrogen-bond acceptors (Lipinski definition) is 3. The van der Waals surface area contributed by atoms with E-state index in [9.17, 15) is 4.79 Å². The molecule has 2 aromatic carbocycles. The van der Waals surface area contributed by atoms with Crippen LogP contribution in [0.4, 0.5) is 5.69 Å². The lowest BCUT2D eigenvalue weighted by Gasteiger charge is -2.11. The average molecular weight is 376 g/mol. The van der Waals surface area contributed by atoms with Crippen LogP contribution < -0.4 is 10.6 Å². The highest BCUT2D eigenvalue weighted by Crippen LogP contribution is 2.22. The van der Waals surface area contributed by atoms with E-state index in [0.717, 1.165) is 29.0 Å². The monoisotopic (exact) mass is 376 g/mol. The van der Waals surface area contributed by atoms with Crippen LogP contribution in [0.15, 0.2) is 77.2 Å². The van der Waals surface area contributed by atoms with Crippen molar-refractivity contribution in [2.45, 2.75) is 13.3 Å². The molecular formula is C22H20N2O2S. The Morgan fingerprint density at radius 1 is 1.04 bits per heavy atom. The Labute approximate surface area is 163 Å². The third kappa shape index (κ3) is 5.15. The minimum Gasteiger partial charge on any atom is -0.457 e. The van der Waals surface area contributed by atoms with E-state index in [1.54, 1.807) is 6.08 Å². The summed E-state index contributed by atoms with van der Waals surface area (Å²) in [5, 5.41) is 5.96. The predicted molar refractivity (Wildman–Crippen MR) is 113 cm³/mol. The fourth-order valence-electron chi connectivity index (χ4n) is 2.62. The van der Waals surface area contributed by atoms with E-state index in [2.05, 4.69) is 17.6 Å². The maximum atomic E-state index is 12.1. The smallest absolute Gasteiger partial charge is 0.250 e. The van der Waals surface area contributed by atoms with Crippen LogP contribution in [0.5, 0.6) is 0 Å². The summed E-state index contributed by atoms with van der Waals surface area (Å²) in [6, 6.07) is 21.3. The van der Waals surface area contributed by atoms with Crippen molar-refractivity contribution in [1.82, 2.24) is 5.32 Å². The lowest BCUT2D eigenvalue weighted by atomic mass is 10.1. The topological polar surface area (TPSA) is 54.3 Å². The number of carbonyl (C=O) groups excluding carboxylic acids is 1. The van der Waals surface area contributed by atoms with Gasteiger partial charge in [-0.15, -0.1) is 0 Å². The van der Waals surface area contributed by atoms with E-state index in [4.69, 9.17) is 16.6 Å². The standard InChI is InChI=1S/C22H20N2O2S/c1-2-16-8-6-7-11-19(16)23-22(27)24-21(25)15-13-18-12-14-20(26-18)17-9-4-3-5-10-17/h3-15H,2H2,1H3,(H2,23,24,25,27)/b15-13+. The number of aryl methyl sites for hydroxylation is 1. The molecule has 5 heteroatoms. The molecule has 0 atom stereocenters. The summed E-state index contributed by atoms with van der Waals surface area (Å²) < 4.78 is 5.74. The molecule has 2 N–H and O–H groups in total. The number of amides is 1. The van der Waals surface area contributed by atoms with Crippen LogP contribution in [0.25, 0.3) is 17.4 Å². The van der Waals surface area contributed by atoms with Crippen molar-refractivity contribution >= 4 is 35.0 Å². The Hall–Kier alpha value is -3.18. The van der Waals surface area contributed by atoms with Crippen LogP contribution in [0, 0.1) is 0 Å². The van der Waals surface area contributed by atoms with Crippen LogP contribution in [0.3, 0.4) is 0 Å². The van der Waals surface area contributed by atoms with Gasteiger partial charge in [0, 0.05) is 17.3 Å². The first-order chi connectivity index (χ1) is 13.2. The summed E-state index contributed by atoms with van der Waals surface area (Å²) in [5.74, 6) is 1.03. The van der Waals surface area contributed by atoms with E-state index in [0.29, 0.717) is 5.76 Å². The summed E-state index contributed by atoms with van der Waals surface area (Å²) in [6.45, 7) is 2.07. The van der Waals surface area contributed by atoms with E-state index < -0.39 is 0 Å². The number of anilines is 1. The molecule has 0 spiro atoms. The van der Waals surface area contributed by atoms with Crippen LogP contribution in [0.2, 0.25) is 0 Å². The molecule has 0 aliphatic heterocycles. The Bertz CT molecular complexity index is 961. The molecule has 1 aromatic heterocycles. The van der Waals surface area contributed by atoms with E-state index >= 15 is 0 Å². The van der Waals surface area contributed by atoms with Gasteiger partial charge in [0.1, 0.15) is 11.5 Å². The van der Waals surface area contributed by atoms with Gasteiger partial charge in [-0.2, -0.15) is 0 Å². The van der Waals surface area contributed by atoms with Gasteiger partial charge in [0.2, 0.25) is 5.91 Å². The van der Waals surface area contributed by atoms with Crippen molar-refractivity contribution in [1.29, 1.82) is 0 Å². The van der Waals surface area contributed by atoms with Gasteiger partial charge in [0.15, 0.2) is 5.11 Å². The molecule has 136 valence electrons. The van der Waals surface area contributed by atoms with Crippen LogP contribution >= 0.6 is 12.2 Å². The third-order valence-corrected chi connectivity index (χ3v) is 4.17. The molecule has 0 saturated carbocycles. The third-order valence-electron chi connectivity index (χ3n) is 3.97. The van der Waals surface area contributed by atoms with Crippen molar-refractivity contribution in [3.05, 3.63) is 84.1 Å². The zero-order valence-electron chi connectivity index (χ0n) is 14.9. The number of para-hydroxylation sites is 1. The molecule has 1 amide bonds. The molecule has 0 aliphatic rings. The fraction of sp³-hybridized carbons (Fsp3) is 0.0909. The Morgan fingerprint density at radius 2 is 1.78 bits per heavy atom. The maximum absolute atomic E-state index is 12.1. The number of furan rings is 1. The number of nitrogens with one attached hydrogen (secondary N) is 2. The Morgan fingerprint density at radius 3 is 2.56 bits per heavy atom. The van der Waals surface area contributed by atoms with Gasteiger partial charge in [0.05, 0.1) is 0 Å². The van der Waals surface area contributed by atoms with E-state index in [1.165, 1.54) is 6.08 Å². The molecule has 1 heterocycles. The van der Waals surface area contributed by atoms with E-state index in [1.807, 2.05) is 66.7 Å². The van der Waals surface area contributed by atoms with Crippen molar-refractivity contribution < 1.29 is 9.21 Å². The molecule has 3 aromatic rings. The van der Waals surface area contributed by atoms with Crippen LogP contribution in [-0.4, -0.2) is 11.0 Å². The SMILES string of the molecule is CCc1ccccc1NC(=S)NC(=O)/C=C/c1ccc(-c2ccccc2)o1. The van der Waals surface area contributed by atoms with Crippen molar-refractivity contribution in [2.75, 3.05) is 5.32 Å². The number of thiocarbonyl (C=S) groups is 1. The Balaban J connectivity index is 1.57. The molecular weight excluding hydrogens is 356 g/mol. The van der Waals surface area contributed by atoms with Gasteiger partial charge in [-0.25, -0.2) is 0 Å². The molecule has 4 nitrogen and oxygen atoms in total. The summed E-state index contributed by atoms with van der Waals surface area (Å²) in [6.07, 6.45) is 3.89. The number of benzene rings is 2. The maximum Gasteiger partial charge on any atom is 0.250 e. The summed E-state index contributed by atoms with van der Waals surface area (Å²) >= 11 is 5.22. The zero-order chi connectivity index (χ0) is 19.1. The normalized spacial score (nSPS) is 10.7. The average Bonchev–Trinajstić information content (AvgIpc) is 3.16. The first kappa shape index (κ1) is 18.6. The summed E-state index contributed by atoms with van der Waals surface area (Å²) in [4.78, 5) is 12.1. The minimum absolute atomic E-state index is 0.259. The second kappa shape index (κ2) is 8.96. The second-order valence-electron chi connectivity index (χ2n) is 5.86. The van der Waals surface area contributed by atoms with Gasteiger partial charge < -0.3 is 9.73 Å². The van der Waals surface area contributed by atoms with Gasteiger partial charge in [-0.1, -0.05) is 55.5 Å². The molecule has 0 unspecified atom stereocenters. The Kier molecular flexibility index (Phi) is 6.18. The van der Waals surface area contributed by atoms with Gasteiger partial charge in [-0.05, 0) is 48.5 Å². The second-order valence-corrected chi connectivity index (χ2v) is 6.26. The number of carbonyl (C=O) groups is 1. The van der Waals surface area contributed by atoms with Gasteiger partial charge in [0.25, 0.3) is 0 Å². The van der Waals surface area contributed by atoms with Crippen molar-refractivity contribution in [3.63, 3.8) is 0 Å². The first-order valence-electron chi connectivity index (χ1n) is 8.69. The molecule has 27 heavy (non-hydrogen) atoms. The highest BCUT2D eigenvalue weighted by atomic mass is 32.1. The van der Waals surface area contributed by atoms with E-state index in [-0.39, 0.29) is 11.0 Å². The highest BCUT2D eigenvalue weighted by molar-refractivity contribution is 7.80. The van der Waals surface area contributed by atoms with Crippen molar-refractivity contribution in [3.8, 4) is 11.3 Å². The molecule has 0 bridgehead atoms. The number of hydrogen-bond donors (Lipinski definition) is 2. The quantitative estimate of drug-likeness (QED) is 0.484. The largest absolute Gasteiger partial charge is 0.457 e. The molecule has 3 rings (SSSR count). The lowest BCUT2D eigenvalue weighted by Crippen LogP contribution is -2.33. The minimum atomic E-state index is -0.320. The molecule has 0 aliphatic carbocycles. The molecule has 0 radical (unpaired) electrons. The summed E-state index contributed by atoms with van der Waals surface area (Å²) in [7, 11) is 0. The lowest BCUT2D eigenvalue weighted by molar-refractivity contribution is -0.115. The van der Waals surface area contributed by atoms with Crippen LogP contribution in [-0.2, 0) is 11.2 Å². The van der Waals surface area contributed by atoms with Crippen LogP contribution in [0.1, 0.15) is 18.2 Å². The van der Waals surface area contributed by atoms with Gasteiger partial charge in [-0.3, -0.25) is 10.1 Å². The van der Waals surface area contributed by atoms with Gasteiger partial charge >= 0.3 is 0 Å². The number of rotatable bonds is 5. The highest BCUT2D eigenvalue weighted by Gasteiger charge is 2.06. The predicted octanol–water partition coefficient (Wildman–Crippen LogP) is 5.04. The van der Waals surface area contributed by atoms with Crippen molar-refractivity contribution in [2.24, 2.45) is 0 Å². The summed E-state index contributed by atoms with van der Waals surface area (Å²) in [5.41, 5.74) is 3.02. The zero-order valence-corrected chi connectivity index (χ0v) is 15.8.